The topological polar surface area (TPSA) is 3.24 Å². The zero-order valence-corrected chi connectivity index (χ0v) is 47.2. The Kier molecular flexibility index (Phi) is 62.4. The molecular weight excluding hydrogens is 807 g/mol. The highest BCUT2D eigenvalue weighted by molar-refractivity contribution is 4.83. The molecule has 0 aliphatic rings. The van der Waals surface area contributed by atoms with Crippen molar-refractivity contribution in [3.05, 3.63) is 36.5 Å². The van der Waals surface area contributed by atoms with E-state index in [0.717, 1.165) is 0 Å². The summed E-state index contributed by atoms with van der Waals surface area (Å²) in [6, 6.07) is 0. The second kappa shape index (κ2) is 63.2. The first-order valence-corrected chi connectivity index (χ1v) is 32.0. The van der Waals surface area contributed by atoms with E-state index < -0.39 is 0 Å². The number of hydrogen-bond donors (Lipinski definition) is 0. The lowest BCUT2D eigenvalue weighted by Gasteiger charge is -2.22. The fourth-order valence-corrected chi connectivity index (χ4v) is 10.2. The first kappa shape index (κ1) is 66.2. The minimum absolute atomic E-state index is 1.31. The summed E-state index contributed by atoms with van der Waals surface area (Å²) in [7, 11) is 0. The summed E-state index contributed by atoms with van der Waals surface area (Å²) in [6.07, 6.45) is 91.6. The third-order valence-corrected chi connectivity index (χ3v) is 15.0. The zero-order valence-electron chi connectivity index (χ0n) is 47.2. The van der Waals surface area contributed by atoms with Crippen LogP contribution in [0.1, 0.15) is 367 Å². The third kappa shape index (κ3) is 61.2. The van der Waals surface area contributed by atoms with Crippen LogP contribution in [0.2, 0.25) is 0 Å². The van der Waals surface area contributed by atoms with E-state index in [-0.39, 0.29) is 0 Å². The lowest BCUT2D eigenvalue weighted by molar-refractivity contribution is 0.254. The number of nitrogens with zero attached hydrogens (tertiary/aromatic N) is 1. The largest absolute Gasteiger partial charge is 0.303 e. The van der Waals surface area contributed by atoms with Gasteiger partial charge in [-0.1, -0.05) is 308 Å². The van der Waals surface area contributed by atoms with Crippen molar-refractivity contribution in [1.29, 1.82) is 0 Å². The van der Waals surface area contributed by atoms with E-state index in [1.807, 2.05) is 0 Å². The molecule has 0 N–H and O–H groups in total. The monoisotopic (exact) mass is 936 g/mol. The summed E-state index contributed by atoms with van der Waals surface area (Å²) >= 11 is 0. The number of hydrogen-bond acceptors (Lipinski definition) is 1. The molecule has 0 saturated carbocycles. The van der Waals surface area contributed by atoms with Gasteiger partial charge in [0.1, 0.15) is 0 Å². The van der Waals surface area contributed by atoms with Crippen molar-refractivity contribution in [3.8, 4) is 0 Å². The average molecular weight is 937 g/mol. The maximum Gasteiger partial charge on any atom is -0.00187 e. The molecule has 0 aliphatic heterocycles. The maximum absolute atomic E-state index is 2.89. The SMILES string of the molecule is CCCCCCCCC=CCCCCCCCCCCCCN(CCCCCCCCCCCCC=CCCCCCCCC)CCCCCCCCCCCCC=CCCCCCCCC. The van der Waals surface area contributed by atoms with E-state index in [1.165, 1.54) is 366 Å². The normalized spacial score (nSPS) is 12.2. The van der Waals surface area contributed by atoms with E-state index in [1.54, 1.807) is 0 Å². The summed E-state index contributed by atoms with van der Waals surface area (Å²) in [5, 5.41) is 0. The Morgan fingerprint density at radius 3 is 0.463 bits per heavy atom. The lowest BCUT2D eigenvalue weighted by Crippen LogP contribution is -2.27. The minimum atomic E-state index is 1.31. The second-order valence-corrected chi connectivity index (χ2v) is 21.9. The zero-order chi connectivity index (χ0) is 48.1. The Hall–Kier alpha value is -0.820. The fourth-order valence-electron chi connectivity index (χ4n) is 10.2. The molecule has 0 rings (SSSR count). The van der Waals surface area contributed by atoms with E-state index >= 15 is 0 Å². The van der Waals surface area contributed by atoms with Crippen LogP contribution in [-0.2, 0) is 0 Å². The summed E-state index contributed by atoms with van der Waals surface area (Å²) in [4.78, 5) is 2.89. The van der Waals surface area contributed by atoms with E-state index in [4.69, 9.17) is 0 Å². The van der Waals surface area contributed by atoms with Gasteiger partial charge in [-0.3, -0.25) is 0 Å². The molecule has 398 valence electrons. The predicted octanol–water partition coefficient (Wildman–Crippen LogP) is 24.1. The highest BCUT2D eigenvalue weighted by Gasteiger charge is 2.06. The van der Waals surface area contributed by atoms with Crippen LogP contribution in [0.25, 0.3) is 0 Å². The van der Waals surface area contributed by atoms with Gasteiger partial charge in [0, 0.05) is 0 Å². The van der Waals surface area contributed by atoms with E-state index in [0.29, 0.717) is 0 Å². The van der Waals surface area contributed by atoms with Gasteiger partial charge < -0.3 is 4.90 Å². The Balaban J connectivity index is 4.04. The van der Waals surface area contributed by atoms with Crippen LogP contribution in [0.15, 0.2) is 36.5 Å². The highest BCUT2D eigenvalue weighted by Crippen LogP contribution is 2.17. The smallest absolute Gasteiger partial charge is 0.00187 e. The molecule has 0 atom stereocenters. The second-order valence-electron chi connectivity index (χ2n) is 21.9. The lowest BCUT2D eigenvalue weighted by atomic mass is 10.0. The molecule has 67 heavy (non-hydrogen) atoms. The Bertz CT molecular complexity index is 811. The van der Waals surface area contributed by atoms with Crippen LogP contribution in [0.5, 0.6) is 0 Å². The van der Waals surface area contributed by atoms with Gasteiger partial charge in [0.15, 0.2) is 0 Å². The van der Waals surface area contributed by atoms with Gasteiger partial charge in [-0.2, -0.15) is 0 Å². The van der Waals surface area contributed by atoms with Crippen molar-refractivity contribution in [2.24, 2.45) is 0 Å². The molecule has 1 heteroatoms. The van der Waals surface area contributed by atoms with Crippen molar-refractivity contribution in [1.82, 2.24) is 4.90 Å². The van der Waals surface area contributed by atoms with Crippen LogP contribution in [0.3, 0.4) is 0 Å². The van der Waals surface area contributed by atoms with Gasteiger partial charge in [0.25, 0.3) is 0 Å². The first-order valence-electron chi connectivity index (χ1n) is 32.0. The molecule has 0 bridgehead atoms. The van der Waals surface area contributed by atoms with Gasteiger partial charge in [0.2, 0.25) is 0 Å². The average Bonchev–Trinajstić information content (AvgIpc) is 3.34. The maximum atomic E-state index is 2.89. The van der Waals surface area contributed by atoms with E-state index in [2.05, 4.69) is 62.1 Å². The van der Waals surface area contributed by atoms with Crippen molar-refractivity contribution >= 4 is 0 Å². The number of allylic oxidation sites excluding steroid dienone is 6. The molecule has 0 amide bonds. The molecule has 0 fully saturated rings. The summed E-state index contributed by atoms with van der Waals surface area (Å²) in [5.74, 6) is 0. The summed E-state index contributed by atoms with van der Waals surface area (Å²) in [6.45, 7) is 11.0. The molecule has 0 spiro atoms. The summed E-state index contributed by atoms with van der Waals surface area (Å²) in [5.41, 5.74) is 0. The van der Waals surface area contributed by atoms with Crippen molar-refractivity contribution < 1.29 is 0 Å². The molecule has 0 unspecified atom stereocenters. The standard InChI is InChI=1S/C66H129N/c1-4-7-10-13-16-19-22-25-28-31-34-37-40-43-46-49-52-55-58-61-64-67(65-62-59-56-53-50-47-44-41-38-35-32-29-26-23-20-17-14-11-8-5-2)66-63-60-57-54-51-48-45-42-39-36-33-30-27-24-21-18-15-12-9-6-3/h25-30H,4-24,31-66H2,1-3H3. The molecule has 0 aromatic rings. The molecule has 0 aromatic carbocycles. The van der Waals surface area contributed by atoms with Crippen LogP contribution in [0.4, 0.5) is 0 Å². The molecule has 0 heterocycles. The highest BCUT2D eigenvalue weighted by atomic mass is 15.1. The van der Waals surface area contributed by atoms with Crippen LogP contribution in [-0.4, -0.2) is 24.5 Å². The Labute approximate surface area is 426 Å². The quantitative estimate of drug-likeness (QED) is 0.0434. The van der Waals surface area contributed by atoms with Crippen LogP contribution in [0, 0.1) is 0 Å². The van der Waals surface area contributed by atoms with Gasteiger partial charge in [-0.15, -0.1) is 0 Å². The van der Waals surface area contributed by atoms with Crippen LogP contribution >= 0.6 is 0 Å². The van der Waals surface area contributed by atoms with Gasteiger partial charge >= 0.3 is 0 Å². The van der Waals surface area contributed by atoms with Gasteiger partial charge in [-0.25, -0.2) is 0 Å². The van der Waals surface area contributed by atoms with Crippen molar-refractivity contribution in [2.75, 3.05) is 19.6 Å². The molecule has 0 aliphatic carbocycles. The van der Waals surface area contributed by atoms with Gasteiger partial charge in [-0.05, 0) is 116 Å². The molecular formula is C66H129N. The third-order valence-electron chi connectivity index (χ3n) is 15.0. The summed E-state index contributed by atoms with van der Waals surface area (Å²) < 4.78 is 0. The van der Waals surface area contributed by atoms with Crippen molar-refractivity contribution in [2.45, 2.75) is 367 Å². The Morgan fingerprint density at radius 1 is 0.164 bits per heavy atom. The fraction of sp³-hybridized carbons (Fsp3) is 0.909. The van der Waals surface area contributed by atoms with Crippen molar-refractivity contribution in [3.63, 3.8) is 0 Å². The van der Waals surface area contributed by atoms with Crippen LogP contribution < -0.4 is 0 Å². The molecule has 0 radical (unpaired) electrons. The molecule has 0 aromatic heterocycles. The number of rotatable bonds is 60. The predicted molar refractivity (Wildman–Crippen MR) is 310 cm³/mol. The molecule has 0 saturated heterocycles. The van der Waals surface area contributed by atoms with Gasteiger partial charge in [0.05, 0.1) is 0 Å². The molecule has 1 nitrogen and oxygen atoms in total. The first-order chi connectivity index (χ1) is 33.3. The number of unbranched alkanes of at least 4 members (excludes halogenated alkanes) is 48. The van der Waals surface area contributed by atoms with E-state index in [9.17, 15) is 0 Å². The minimum Gasteiger partial charge on any atom is -0.303 e. The Morgan fingerprint density at radius 2 is 0.299 bits per heavy atom.